The van der Waals surface area contributed by atoms with Gasteiger partial charge in [-0.15, -0.1) is 0 Å². The quantitative estimate of drug-likeness (QED) is 0.343. The van der Waals surface area contributed by atoms with Crippen LogP contribution in [0.3, 0.4) is 0 Å². The molecule has 0 spiro atoms. The summed E-state index contributed by atoms with van der Waals surface area (Å²) in [7, 11) is 0. The molecule has 0 saturated carbocycles. The van der Waals surface area contributed by atoms with Crippen molar-refractivity contribution in [2.45, 2.75) is 13.8 Å². The molecule has 1 heterocycles. The number of amides is 1. The van der Waals surface area contributed by atoms with E-state index in [1.165, 1.54) is 18.2 Å². The van der Waals surface area contributed by atoms with E-state index in [4.69, 9.17) is 17.0 Å². The van der Waals surface area contributed by atoms with Crippen molar-refractivity contribution >= 4 is 51.4 Å². The van der Waals surface area contributed by atoms with Gasteiger partial charge in [0.15, 0.2) is 10.2 Å². The Morgan fingerprint density at radius 1 is 1.42 bits per heavy atom. The number of anilines is 1. The van der Waals surface area contributed by atoms with Crippen LogP contribution in [0.5, 0.6) is 0 Å². The zero-order valence-corrected chi connectivity index (χ0v) is 15.4. The largest absolute Gasteiger partial charge is 0.462 e. The van der Waals surface area contributed by atoms with Crippen LogP contribution in [0.1, 0.15) is 32.6 Å². The molecule has 11 heteroatoms. The lowest BCUT2D eigenvalue weighted by Crippen LogP contribution is -2.34. The molecule has 26 heavy (non-hydrogen) atoms. The third-order valence-corrected chi connectivity index (χ3v) is 4.28. The molecule has 0 unspecified atom stereocenters. The average molecular weight is 394 g/mol. The monoisotopic (exact) mass is 394 g/mol. The lowest BCUT2D eigenvalue weighted by molar-refractivity contribution is -0.384. The van der Waals surface area contributed by atoms with Crippen LogP contribution in [0.15, 0.2) is 24.3 Å². The number of nitrogens with one attached hydrogen (secondary N) is 2. The van der Waals surface area contributed by atoms with Gasteiger partial charge >= 0.3 is 5.97 Å². The van der Waals surface area contributed by atoms with Crippen molar-refractivity contribution in [3.63, 3.8) is 0 Å². The molecule has 0 atom stereocenters. The molecular weight excluding hydrogens is 380 g/mol. The van der Waals surface area contributed by atoms with Crippen molar-refractivity contribution in [1.29, 1.82) is 0 Å². The molecule has 136 valence electrons. The summed E-state index contributed by atoms with van der Waals surface area (Å²) in [5, 5.41) is 16.1. The predicted octanol–water partition coefficient (Wildman–Crippen LogP) is 2.66. The van der Waals surface area contributed by atoms with Gasteiger partial charge in [0.1, 0.15) is 4.88 Å². The van der Waals surface area contributed by atoms with Gasteiger partial charge in [-0.05, 0) is 32.1 Å². The maximum Gasteiger partial charge on any atom is 0.350 e. The molecule has 2 aromatic rings. The summed E-state index contributed by atoms with van der Waals surface area (Å²) in [6.07, 6.45) is 0. The summed E-state index contributed by atoms with van der Waals surface area (Å²) >= 11 is 6.08. The highest BCUT2D eigenvalue weighted by atomic mass is 32.1. The number of rotatable bonds is 5. The Morgan fingerprint density at radius 3 is 2.81 bits per heavy atom. The van der Waals surface area contributed by atoms with E-state index in [0.29, 0.717) is 15.7 Å². The van der Waals surface area contributed by atoms with Crippen LogP contribution in [0, 0.1) is 17.0 Å². The van der Waals surface area contributed by atoms with Gasteiger partial charge in [-0.3, -0.25) is 20.2 Å². The number of esters is 1. The third-order valence-electron chi connectivity index (χ3n) is 3.02. The Bertz CT molecular complexity index is 881. The molecule has 2 rings (SSSR count). The summed E-state index contributed by atoms with van der Waals surface area (Å²) < 4.78 is 4.93. The van der Waals surface area contributed by atoms with Crippen molar-refractivity contribution in [3.8, 4) is 0 Å². The lowest BCUT2D eigenvalue weighted by atomic mass is 10.2. The zero-order valence-electron chi connectivity index (χ0n) is 13.8. The Labute approximate surface area is 157 Å². The number of carbonyl (C=O) groups excluding carboxylic acids is 2. The van der Waals surface area contributed by atoms with Crippen LogP contribution in [0.2, 0.25) is 0 Å². The summed E-state index contributed by atoms with van der Waals surface area (Å²) in [5.41, 5.74) is 0.362. The maximum absolute atomic E-state index is 12.1. The van der Waals surface area contributed by atoms with Gasteiger partial charge in [0.05, 0.1) is 17.2 Å². The number of hydrogen-bond acceptors (Lipinski definition) is 8. The van der Waals surface area contributed by atoms with E-state index in [9.17, 15) is 19.7 Å². The van der Waals surface area contributed by atoms with E-state index >= 15 is 0 Å². The Hall–Kier alpha value is -2.92. The lowest BCUT2D eigenvalue weighted by Gasteiger charge is -2.07. The second-order valence-electron chi connectivity index (χ2n) is 4.87. The fraction of sp³-hybridized carbons (Fsp3) is 0.200. The molecule has 0 aliphatic rings. The second kappa shape index (κ2) is 8.45. The number of aromatic nitrogens is 1. The number of aryl methyl sites for hydroxylation is 1. The van der Waals surface area contributed by atoms with Gasteiger partial charge in [-0.25, -0.2) is 9.78 Å². The minimum absolute atomic E-state index is 0.0503. The van der Waals surface area contributed by atoms with Crippen LogP contribution >= 0.6 is 23.6 Å². The van der Waals surface area contributed by atoms with Gasteiger partial charge in [0, 0.05) is 17.7 Å². The van der Waals surface area contributed by atoms with Gasteiger partial charge in [0.25, 0.3) is 11.6 Å². The topological polar surface area (TPSA) is 123 Å². The Morgan fingerprint density at radius 2 is 2.15 bits per heavy atom. The van der Waals surface area contributed by atoms with Gasteiger partial charge in [-0.2, -0.15) is 0 Å². The molecule has 0 radical (unpaired) electrons. The Balaban J connectivity index is 2.04. The fourth-order valence-corrected chi connectivity index (χ4v) is 3.02. The number of nitro groups is 1. The number of non-ortho nitro benzene ring substituents is 1. The van der Waals surface area contributed by atoms with E-state index in [-0.39, 0.29) is 23.0 Å². The zero-order chi connectivity index (χ0) is 19.3. The number of benzene rings is 1. The van der Waals surface area contributed by atoms with Gasteiger partial charge < -0.3 is 10.1 Å². The van der Waals surface area contributed by atoms with E-state index < -0.39 is 16.8 Å². The molecule has 1 aromatic carbocycles. The van der Waals surface area contributed by atoms with Crippen LogP contribution in [0.25, 0.3) is 0 Å². The SMILES string of the molecule is CCOC(=O)c1sc(NC(=S)NC(=O)c2cccc([N+](=O)[O-])c2)nc1C. The predicted molar refractivity (Wildman–Crippen MR) is 99.6 cm³/mol. The highest BCUT2D eigenvalue weighted by Crippen LogP contribution is 2.23. The molecule has 0 aliphatic heterocycles. The van der Waals surface area contributed by atoms with Crippen molar-refractivity contribution in [2.75, 3.05) is 11.9 Å². The first-order valence-electron chi connectivity index (χ1n) is 7.33. The minimum Gasteiger partial charge on any atom is -0.462 e. The standard InChI is InChI=1S/C15H14N4O5S2/c1-3-24-13(21)11-8(2)16-15(26-11)18-14(25)17-12(20)9-5-4-6-10(7-9)19(22)23/h4-7H,3H2,1-2H3,(H2,16,17,18,20,25). The number of ether oxygens (including phenoxy) is 1. The summed E-state index contributed by atoms with van der Waals surface area (Å²) in [6.45, 7) is 3.60. The number of nitrogens with zero attached hydrogens (tertiary/aromatic N) is 2. The molecule has 0 aliphatic carbocycles. The van der Waals surface area contributed by atoms with E-state index in [1.54, 1.807) is 13.8 Å². The first kappa shape index (κ1) is 19.4. The average Bonchev–Trinajstić information content (AvgIpc) is 2.95. The van der Waals surface area contributed by atoms with E-state index in [2.05, 4.69) is 15.6 Å². The van der Waals surface area contributed by atoms with Crippen molar-refractivity contribution in [1.82, 2.24) is 10.3 Å². The molecule has 2 N–H and O–H groups in total. The molecule has 0 saturated heterocycles. The van der Waals surface area contributed by atoms with Crippen LogP contribution in [-0.2, 0) is 4.74 Å². The third kappa shape index (κ3) is 4.80. The molecule has 0 fully saturated rings. The van der Waals surface area contributed by atoms with E-state index in [0.717, 1.165) is 17.4 Å². The number of hydrogen-bond donors (Lipinski definition) is 2. The first-order valence-corrected chi connectivity index (χ1v) is 8.55. The van der Waals surface area contributed by atoms with E-state index in [1.807, 2.05) is 0 Å². The van der Waals surface area contributed by atoms with Gasteiger partial charge in [-0.1, -0.05) is 17.4 Å². The summed E-state index contributed by atoms with van der Waals surface area (Å²) in [4.78, 5) is 38.6. The smallest absolute Gasteiger partial charge is 0.350 e. The highest BCUT2D eigenvalue weighted by molar-refractivity contribution is 7.80. The minimum atomic E-state index is -0.606. The molecule has 9 nitrogen and oxygen atoms in total. The molecule has 1 aromatic heterocycles. The van der Waals surface area contributed by atoms with Crippen molar-refractivity contribution < 1.29 is 19.2 Å². The molecule has 1 amide bonds. The highest BCUT2D eigenvalue weighted by Gasteiger charge is 2.18. The second-order valence-corrected chi connectivity index (χ2v) is 6.28. The number of nitro benzene ring substituents is 1. The summed E-state index contributed by atoms with van der Waals surface area (Å²) in [6, 6.07) is 5.25. The number of carbonyl (C=O) groups is 2. The molecular formula is C15H14N4O5S2. The van der Waals surface area contributed by atoms with Crippen LogP contribution in [0.4, 0.5) is 10.8 Å². The Kier molecular flexibility index (Phi) is 6.31. The number of thiocarbonyl (C=S) groups is 1. The van der Waals surface area contributed by atoms with Crippen LogP contribution in [-0.4, -0.2) is 33.5 Å². The van der Waals surface area contributed by atoms with Crippen LogP contribution < -0.4 is 10.6 Å². The fourth-order valence-electron chi connectivity index (χ4n) is 1.90. The number of thiazole rings is 1. The van der Waals surface area contributed by atoms with Gasteiger partial charge in [0.2, 0.25) is 0 Å². The molecule has 0 bridgehead atoms. The summed E-state index contributed by atoms with van der Waals surface area (Å²) in [5.74, 6) is -1.09. The first-order chi connectivity index (χ1) is 12.3. The normalized spacial score (nSPS) is 10.1. The van der Waals surface area contributed by atoms with Crippen molar-refractivity contribution in [3.05, 3.63) is 50.5 Å². The maximum atomic E-state index is 12.1. The van der Waals surface area contributed by atoms with Crippen molar-refractivity contribution in [2.24, 2.45) is 0 Å².